The van der Waals surface area contributed by atoms with Gasteiger partial charge in [-0.25, -0.2) is 9.18 Å². The second-order valence-corrected chi connectivity index (χ2v) is 9.11. The van der Waals surface area contributed by atoms with Crippen LogP contribution in [0.5, 0.6) is 0 Å². The van der Waals surface area contributed by atoms with Gasteiger partial charge in [-0.3, -0.25) is 4.79 Å². The molecule has 8 heteroatoms. The monoisotopic (exact) mass is 487 g/mol. The summed E-state index contributed by atoms with van der Waals surface area (Å²) in [5.41, 5.74) is 1.23. The van der Waals surface area contributed by atoms with Gasteiger partial charge in [-0.15, -0.1) is 0 Å². The summed E-state index contributed by atoms with van der Waals surface area (Å²) in [6, 6.07) is 8.21. The maximum Gasteiger partial charge on any atom is 0.341 e. The first kappa shape index (κ1) is 24.4. The summed E-state index contributed by atoms with van der Waals surface area (Å²) in [5.74, 6) is -1.87. The maximum atomic E-state index is 14.6. The van der Waals surface area contributed by atoms with E-state index in [1.165, 1.54) is 18.7 Å². The molecular weight excluding hydrogens is 461 g/mol. The molecule has 0 spiro atoms. The lowest BCUT2D eigenvalue weighted by Gasteiger charge is -2.23. The zero-order valence-electron chi connectivity index (χ0n) is 18.7. The normalized spacial score (nSPS) is 14.6. The summed E-state index contributed by atoms with van der Waals surface area (Å²) in [6.45, 7) is 0.121. The van der Waals surface area contributed by atoms with Crippen molar-refractivity contribution in [1.29, 1.82) is 0 Å². The van der Waals surface area contributed by atoms with Crippen LogP contribution in [0.15, 0.2) is 41.3 Å². The van der Waals surface area contributed by atoms with E-state index in [2.05, 4.69) is 0 Å². The van der Waals surface area contributed by atoms with E-state index < -0.39 is 17.2 Å². The minimum absolute atomic E-state index is 0.0117. The third-order valence-corrected chi connectivity index (χ3v) is 6.63. The summed E-state index contributed by atoms with van der Waals surface area (Å²) in [6.07, 6.45) is 6.91. The molecule has 3 aromatic rings. The van der Waals surface area contributed by atoms with Gasteiger partial charge in [0.05, 0.1) is 29.9 Å². The number of fused-ring (bicyclic) bond motifs is 1. The number of benzene rings is 2. The van der Waals surface area contributed by atoms with Gasteiger partial charge in [0, 0.05) is 30.1 Å². The number of hydrogen-bond acceptors (Lipinski definition) is 4. The first-order chi connectivity index (χ1) is 16.4. The number of aliphatic hydroxyl groups excluding tert-OH is 1. The Kier molecular flexibility index (Phi) is 7.66. The molecule has 2 N–H and O–H groups in total. The Morgan fingerprint density at radius 3 is 2.65 bits per heavy atom. The number of ether oxygens (including phenoxy) is 1. The molecule has 0 aliphatic heterocycles. The minimum atomic E-state index is -1.34. The van der Waals surface area contributed by atoms with Crippen molar-refractivity contribution in [3.63, 3.8) is 0 Å². The largest absolute Gasteiger partial charge is 0.477 e. The molecule has 1 aromatic heterocycles. The Morgan fingerprint density at radius 2 is 1.94 bits per heavy atom. The molecule has 0 radical (unpaired) electrons. The summed E-state index contributed by atoms with van der Waals surface area (Å²) in [5, 5.41) is 19.4. The smallest absolute Gasteiger partial charge is 0.341 e. The zero-order chi connectivity index (χ0) is 24.2. The molecule has 0 unspecified atom stereocenters. The van der Waals surface area contributed by atoms with Crippen LogP contribution in [0, 0.1) is 5.82 Å². The predicted octanol–water partition coefficient (Wildman–Crippen LogP) is 4.92. The lowest BCUT2D eigenvalue weighted by Crippen LogP contribution is -2.22. The van der Waals surface area contributed by atoms with E-state index in [9.17, 15) is 24.2 Å². The van der Waals surface area contributed by atoms with Crippen LogP contribution < -0.4 is 5.43 Å². The van der Waals surface area contributed by atoms with Crippen molar-refractivity contribution >= 4 is 28.5 Å². The average Bonchev–Trinajstić information content (AvgIpc) is 2.83. The number of nitrogens with zero attached hydrogens (tertiary/aromatic N) is 1. The fourth-order valence-electron chi connectivity index (χ4n) is 4.69. The van der Waals surface area contributed by atoms with Crippen molar-refractivity contribution in [1.82, 2.24) is 4.57 Å². The van der Waals surface area contributed by atoms with E-state index in [4.69, 9.17) is 16.3 Å². The van der Waals surface area contributed by atoms with Gasteiger partial charge in [-0.2, -0.15) is 0 Å². The van der Waals surface area contributed by atoms with E-state index in [0.29, 0.717) is 22.2 Å². The molecule has 180 valence electrons. The minimum Gasteiger partial charge on any atom is -0.477 e. The van der Waals surface area contributed by atoms with Crippen molar-refractivity contribution < 1.29 is 24.1 Å². The Morgan fingerprint density at radius 1 is 1.18 bits per heavy atom. The van der Waals surface area contributed by atoms with Crippen LogP contribution in [0.1, 0.15) is 59.2 Å². The topological polar surface area (TPSA) is 88.8 Å². The highest BCUT2D eigenvalue weighted by atomic mass is 35.5. The van der Waals surface area contributed by atoms with Crippen LogP contribution in [0.3, 0.4) is 0 Å². The number of aromatic carboxylic acids is 1. The molecule has 2 aromatic carbocycles. The molecule has 0 bridgehead atoms. The third kappa shape index (κ3) is 5.17. The van der Waals surface area contributed by atoms with E-state index in [0.717, 1.165) is 25.7 Å². The number of aliphatic hydroxyl groups is 1. The summed E-state index contributed by atoms with van der Waals surface area (Å²) in [4.78, 5) is 24.8. The van der Waals surface area contributed by atoms with E-state index in [1.807, 2.05) is 6.07 Å². The van der Waals surface area contributed by atoms with Crippen molar-refractivity contribution in [3.8, 4) is 0 Å². The molecule has 0 amide bonds. The predicted molar refractivity (Wildman–Crippen MR) is 128 cm³/mol. The molecule has 4 rings (SSSR count). The van der Waals surface area contributed by atoms with Gasteiger partial charge >= 0.3 is 5.97 Å². The second-order valence-electron chi connectivity index (χ2n) is 8.71. The number of carboxylic acid groups (broad SMARTS) is 1. The first-order valence-electron chi connectivity index (χ1n) is 11.5. The van der Waals surface area contributed by atoms with Crippen LogP contribution in [0.4, 0.5) is 4.39 Å². The highest BCUT2D eigenvalue weighted by Gasteiger charge is 2.20. The quantitative estimate of drug-likeness (QED) is 0.470. The molecule has 1 aliphatic carbocycles. The van der Waals surface area contributed by atoms with Gasteiger partial charge in [0.2, 0.25) is 5.43 Å². The van der Waals surface area contributed by atoms with Crippen molar-refractivity contribution in [2.24, 2.45) is 0 Å². The van der Waals surface area contributed by atoms with Gasteiger partial charge in [0.1, 0.15) is 11.4 Å². The van der Waals surface area contributed by atoms with Gasteiger partial charge < -0.3 is 19.5 Å². The number of halogens is 2. The summed E-state index contributed by atoms with van der Waals surface area (Å²) < 4.78 is 22.4. The fourth-order valence-corrected chi connectivity index (χ4v) is 4.88. The van der Waals surface area contributed by atoms with Crippen LogP contribution in [-0.2, 0) is 24.3 Å². The third-order valence-electron chi connectivity index (χ3n) is 6.33. The number of carboxylic acids is 1. The highest BCUT2D eigenvalue weighted by Crippen LogP contribution is 2.27. The first-order valence-corrected chi connectivity index (χ1v) is 11.8. The number of pyridine rings is 1. The molecule has 1 heterocycles. The lowest BCUT2D eigenvalue weighted by molar-refractivity contribution is 0.0172. The van der Waals surface area contributed by atoms with Crippen LogP contribution in [0.2, 0.25) is 5.02 Å². The Bertz CT molecular complexity index is 1270. The lowest BCUT2D eigenvalue weighted by atomic mass is 9.97. The van der Waals surface area contributed by atoms with Crippen LogP contribution >= 0.6 is 11.6 Å². The molecule has 1 saturated carbocycles. The standard InChI is InChI=1S/C26H27ClFNO5/c27-22-8-4-5-17(23(22)28)11-16-12-18(15-34-19-6-2-1-3-7-19)24-20(13-16)25(31)21(26(32)33)14-29(24)9-10-30/h4-5,8,12-14,19,30H,1-3,6-7,9-11,15H2,(H,32,33). The molecule has 1 aliphatic rings. The number of rotatable bonds is 8. The summed E-state index contributed by atoms with van der Waals surface area (Å²) in [7, 11) is 0. The average molecular weight is 488 g/mol. The zero-order valence-corrected chi connectivity index (χ0v) is 19.5. The van der Waals surface area contributed by atoms with Crippen molar-refractivity contribution in [2.45, 2.75) is 57.8 Å². The Labute approximate surface area is 201 Å². The maximum absolute atomic E-state index is 14.6. The van der Waals surface area contributed by atoms with Crippen LogP contribution in [-0.4, -0.2) is 33.5 Å². The highest BCUT2D eigenvalue weighted by molar-refractivity contribution is 6.30. The Balaban J connectivity index is 1.85. The molecular formula is C26H27ClFNO5. The van der Waals surface area contributed by atoms with Gasteiger partial charge in [0.15, 0.2) is 0 Å². The number of carbonyl (C=O) groups is 1. The van der Waals surface area contributed by atoms with E-state index in [-0.39, 0.29) is 48.3 Å². The van der Waals surface area contributed by atoms with Crippen molar-refractivity contribution in [2.75, 3.05) is 6.61 Å². The fraction of sp³-hybridized carbons (Fsp3) is 0.385. The molecule has 1 fully saturated rings. The van der Waals surface area contributed by atoms with Crippen LogP contribution in [0.25, 0.3) is 10.9 Å². The molecule has 0 saturated heterocycles. The molecule has 34 heavy (non-hydrogen) atoms. The van der Waals surface area contributed by atoms with E-state index in [1.54, 1.807) is 22.8 Å². The SMILES string of the molecule is O=C(O)c1cn(CCO)c2c(COC3CCCCC3)cc(Cc3cccc(Cl)c3F)cc2c1=O. The summed E-state index contributed by atoms with van der Waals surface area (Å²) >= 11 is 5.94. The number of hydrogen-bond donors (Lipinski definition) is 2. The van der Waals surface area contributed by atoms with Gasteiger partial charge in [0.25, 0.3) is 0 Å². The second kappa shape index (κ2) is 10.7. The molecule has 6 nitrogen and oxygen atoms in total. The molecule has 0 atom stereocenters. The Hall–Kier alpha value is -2.74. The van der Waals surface area contributed by atoms with Gasteiger partial charge in [-0.1, -0.05) is 49.1 Å². The van der Waals surface area contributed by atoms with Gasteiger partial charge in [-0.05, 0) is 36.1 Å². The van der Waals surface area contributed by atoms with Crippen molar-refractivity contribution in [3.05, 3.63) is 79.8 Å². The van der Waals surface area contributed by atoms with E-state index >= 15 is 0 Å². The number of aromatic nitrogens is 1.